The Kier molecular flexibility index (Phi) is 4.03. The summed E-state index contributed by atoms with van der Waals surface area (Å²) >= 11 is 0. The Labute approximate surface area is 180 Å². The number of hydrogen-bond acceptors (Lipinski definition) is 2. The van der Waals surface area contributed by atoms with Crippen molar-refractivity contribution in [2.24, 2.45) is 0 Å². The van der Waals surface area contributed by atoms with Crippen molar-refractivity contribution < 1.29 is 0 Å². The summed E-state index contributed by atoms with van der Waals surface area (Å²) in [5.41, 5.74) is 5.54. The van der Waals surface area contributed by atoms with Crippen molar-refractivity contribution in [3.63, 3.8) is 0 Å². The van der Waals surface area contributed by atoms with Crippen molar-refractivity contribution >= 4 is 32.4 Å². The molecule has 0 bridgehead atoms. The summed E-state index contributed by atoms with van der Waals surface area (Å²) in [6.07, 6.45) is 0. The molecule has 2 nitrogen and oxygen atoms in total. The highest BCUT2D eigenvalue weighted by Gasteiger charge is 2.15. The number of rotatable bonds is 2. The summed E-state index contributed by atoms with van der Waals surface area (Å²) < 4.78 is 0. The van der Waals surface area contributed by atoms with E-state index in [0.717, 1.165) is 28.0 Å². The van der Waals surface area contributed by atoms with Crippen LogP contribution in [-0.2, 0) is 0 Å². The lowest BCUT2D eigenvalue weighted by Crippen LogP contribution is -1.96. The van der Waals surface area contributed by atoms with Gasteiger partial charge in [0.25, 0.3) is 0 Å². The topological polar surface area (TPSA) is 25.8 Å². The lowest BCUT2D eigenvalue weighted by Gasteiger charge is -2.14. The van der Waals surface area contributed by atoms with Gasteiger partial charge in [-0.1, -0.05) is 97.1 Å². The van der Waals surface area contributed by atoms with Gasteiger partial charge < -0.3 is 0 Å². The standard InChI is InChI=1S/C29H20N2/c1-19-30-28(22-10-3-2-4-11-22)26-18-17-21-13-8-16-25(27(21)29(26)31-19)24-15-7-12-20-9-5-6-14-23(20)24/h2-18H,1H3. The largest absolute Gasteiger partial charge is 0.233 e. The van der Waals surface area contributed by atoms with E-state index in [1.165, 1.54) is 32.7 Å². The van der Waals surface area contributed by atoms with E-state index in [9.17, 15) is 0 Å². The zero-order chi connectivity index (χ0) is 20.8. The highest BCUT2D eigenvalue weighted by Crippen LogP contribution is 2.38. The molecule has 1 aromatic heterocycles. The minimum atomic E-state index is 0.784. The second-order valence-corrected chi connectivity index (χ2v) is 7.88. The second kappa shape index (κ2) is 7.03. The molecule has 0 aliphatic rings. The van der Waals surface area contributed by atoms with Crippen LogP contribution in [0.15, 0.2) is 103 Å². The average molecular weight is 396 g/mol. The van der Waals surface area contributed by atoms with E-state index in [1.807, 2.05) is 13.0 Å². The predicted octanol–water partition coefficient (Wildman–Crippen LogP) is 7.58. The molecule has 0 amide bonds. The van der Waals surface area contributed by atoms with Gasteiger partial charge in [0.05, 0.1) is 11.2 Å². The monoisotopic (exact) mass is 396 g/mol. The highest BCUT2D eigenvalue weighted by molar-refractivity contribution is 6.17. The van der Waals surface area contributed by atoms with E-state index in [0.29, 0.717) is 0 Å². The maximum atomic E-state index is 4.95. The lowest BCUT2D eigenvalue weighted by molar-refractivity contribution is 1.10. The first kappa shape index (κ1) is 17.8. The van der Waals surface area contributed by atoms with Gasteiger partial charge in [0.15, 0.2) is 0 Å². The maximum Gasteiger partial charge on any atom is 0.126 e. The van der Waals surface area contributed by atoms with Crippen LogP contribution in [0.4, 0.5) is 0 Å². The molecule has 0 aliphatic heterocycles. The first-order chi connectivity index (χ1) is 15.3. The molecule has 0 N–H and O–H groups in total. The number of nitrogens with zero attached hydrogens (tertiary/aromatic N) is 2. The normalized spacial score (nSPS) is 11.4. The second-order valence-electron chi connectivity index (χ2n) is 7.88. The van der Waals surface area contributed by atoms with Crippen molar-refractivity contribution in [1.82, 2.24) is 9.97 Å². The third-order valence-electron chi connectivity index (χ3n) is 5.95. The van der Waals surface area contributed by atoms with Crippen LogP contribution < -0.4 is 0 Å². The van der Waals surface area contributed by atoms with Crippen LogP contribution >= 0.6 is 0 Å². The van der Waals surface area contributed by atoms with Gasteiger partial charge in [-0.2, -0.15) is 0 Å². The van der Waals surface area contributed by atoms with Gasteiger partial charge in [0.1, 0.15) is 5.82 Å². The Balaban J connectivity index is 1.76. The maximum absolute atomic E-state index is 4.95. The van der Waals surface area contributed by atoms with E-state index in [1.54, 1.807) is 0 Å². The van der Waals surface area contributed by atoms with Gasteiger partial charge in [-0.05, 0) is 40.3 Å². The van der Waals surface area contributed by atoms with Crippen molar-refractivity contribution in [1.29, 1.82) is 0 Å². The van der Waals surface area contributed by atoms with Crippen LogP contribution in [0.1, 0.15) is 5.82 Å². The van der Waals surface area contributed by atoms with E-state index in [4.69, 9.17) is 9.97 Å². The van der Waals surface area contributed by atoms with Crippen molar-refractivity contribution in [2.75, 3.05) is 0 Å². The first-order valence-corrected chi connectivity index (χ1v) is 10.5. The predicted molar refractivity (Wildman–Crippen MR) is 130 cm³/mol. The van der Waals surface area contributed by atoms with Gasteiger partial charge >= 0.3 is 0 Å². The summed E-state index contributed by atoms with van der Waals surface area (Å²) in [5, 5.41) is 5.95. The van der Waals surface area contributed by atoms with Crippen LogP contribution in [0, 0.1) is 6.92 Å². The Morgan fingerprint density at radius 2 is 1.23 bits per heavy atom. The fraction of sp³-hybridized carbons (Fsp3) is 0.0345. The quantitative estimate of drug-likeness (QED) is 0.282. The van der Waals surface area contributed by atoms with Crippen molar-refractivity contribution in [3.05, 3.63) is 109 Å². The molecule has 1 heterocycles. The number of hydrogen-bond donors (Lipinski definition) is 0. The molecule has 0 fully saturated rings. The Morgan fingerprint density at radius 1 is 0.516 bits per heavy atom. The number of aromatic nitrogens is 2. The van der Waals surface area contributed by atoms with Gasteiger partial charge in [0.2, 0.25) is 0 Å². The highest BCUT2D eigenvalue weighted by atomic mass is 14.9. The van der Waals surface area contributed by atoms with Gasteiger partial charge in [-0.3, -0.25) is 0 Å². The van der Waals surface area contributed by atoms with Gasteiger partial charge in [-0.25, -0.2) is 9.97 Å². The number of aryl methyl sites for hydroxylation is 1. The van der Waals surface area contributed by atoms with Crippen molar-refractivity contribution in [2.45, 2.75) is 6.92 Å². The van der Waals surface area contributed by atoms with Crippen LogP contribution in [-0.4, -0.2) is 9.97 Å². The lowest BCUT2D eigenvalue weighted by atomic mass is 9.92. The molecule has 31 heavy (non-hydrogen) atoms. The summed E-state index contributed by atoms with van der Waals surface area (Å²) in [4.78, 5) is 9.76. The molecule has 5 aromatic carbocycles. The van der Waals surface area contributed by atoms with Crippen LogP contribution in [0.3, 0.4) is 0 Å². The van der Waals surface area contributed by atoms with E-state index >= 15 is 0 Å². The van der Waals surface area contributed by atoms with Crippen LogP contribution in [0.2, 0.25) is 0 Å². The number of fused-ring (bicyclic) bond motifs is 4. The minimum Gasteiger partial charge on any atom is -0.233 e. The molecular formula is C29H20N2. The van der Waals surface area contributed by atoms with E-state index in [-0.39, 0.29) is 0 Å². The van der Waals surface area contributed by atoms with Gasteiger partial charge in [-0.15, -0.1) is 0 Å². The number of benzene rings is 5. The summed E-state index contributed by atoms with van der Waals surface area (Å²) in [5.74, 6) is 0.784. The third-order valence-corrected chi connectivity index (χ3v) is 5.95. The molecule has 0 saturated heterocycles. The molecule has 0 radical (unpaired) electrons. The molecule has 6 rings (SSSR count). The molecular weight excluding hydrogens is 376 g/mol. The smallest absolute Gasteiger partial charge is 0.126 e. The molecule has 6 aromatic rings. The molecule has 0 unspecified atom stereocenters. The molecule has 146 valence electrons. The zero-order valence-electron chi connectivity index (χ0n) is 17.2. The molecule has 0 saturated carbocycles. The zero-order valence-corrected chi connectivity index (χ0v) is 17.2. The Morgan fingerprint density at radius 3 is 2.10 bits per heavy atom. The molecule has 0 aliphatic carbocycles. The summed E-state index contributed by atoms with van der Waals surface area (Å²) in [7, 11) is 0. The van der Waals surface area contributed by atoms with E-state index in [2.05, 4.69) is 97.1 Å². The molecule has 2 heteroatoms. The van der Waals surface area contributed by atoms with Gasteiger partial charge in [0, 0.05) is 16.3 Å². The Hall–Kier alpha value is -4.04. The first-order valence-electron chi connectivity index (χ1n) is 10.5. The fourth-order valence-electron chi connectivity index (χ4n) is 4.58. The van der Waals surface area contributed by atoms with Crippen LogP contribution in [0.5, 0.6) is 0 Å². The third kappa shape index (κ3) is 2.88. The minimum absolute atomic E-state index is 0.784. The van der Waals surface area contributed by atoms with Crippen molar-refractivity contribution in [3.8, 4) is 22.4 Å². The SMILES string of the molecule is Cc1nc(-c2ccccc2)c2ccc3cccc(-c4cccc5ccccc45)c3c2n1. The summed E-state index contributed by atoms with van der Waals surface area (Å²) in [6, 6.07) is 36.3. The van der Waals surface area contributed by atoms with Crippen LogP contribution in [0.25, 0.3) is 54.8 Å². The Bertz CT molecular complexity index is 1580. The molecule has 0 spiro atoms. The van der Waals surface area contributed by atoms with E-state index < -0.39 is 0 Å². The summed E-state index contributed by atoms with van der Waals surface area (Å²) in [6.45, 7) is 1.98. The average Bonchev–Trinajstić information content (AvgIpc) is 2.83. The fourth-order valence-corrected chi connectivity index (χ4v) is 4.58. The molecule has 0 atom stereocenters.